The average Bonchev–Trinajstić information content (AvgIpc) is 3.05. The Morgan fingerprint density at radius 1 is 1.16 bits per heavy atom. The largest absolute Gasteiger partial charge is 0.497 e. The number of rotatable bonds is 6. The topological polar surface area (TPSA) is 87.6 Å². The van der Waals surface area contributed by atoms with Crippen LogP contribution >= 0.6 is 0 Å². The number of nitrogens with zero attached hydrogens (tertiary/aromatic N) is 2. The van der Waals surface area contributed by atoms with E-state index in [1.54, 1.807) is 31.4 Å². The molecule has 0 atom stereocenters. The lowest BCUT2D eigenvalue weighted by Crippen LogP contribution is -1.97. The van der Waals surface area contributed by atoms with Crippen LogP contribution in [-0.2, 0) is 6.61 Å². The number of non-ortho nitro benzene ring substituents is 1. The van der Waals surface area contributed by atoms with E-state index in [-0.39, 0.29) is 12.3 Å². The van der Waals surface area contributed by atoms with Crippen molar-refractivity contribution in [3.05, 3.63) is 70.1 Å². The standard InChI is InChI=1S/C18H16N2O5/c1-12-9-16(25-19-12)11-24-18-8-5-14(20(21)22)10-17(18)13-3-6-15(23-2)7-4-13/h3-10H,11H2,1-2H3. The Kier molecular flexibility index (Phi) is 4.65. The molecule has 128 valence electrons. The van der Waals surface area contributed by atoms with Gasteiger partial charge in [-0.25, -0.2) is 0 Å². The lowest BCUT2D eigenvalue weighted by Gasteiger charge is -2.11. The molecule has 25 heavy (non-hydrogen) atoms. The van der Waals surface area contributed by atoms with E-state index >= 15 is 0 Å². The van der Waals surface area contributed by atoms with Gasteiger partial charge in [-0.15, -0.1) is 0 Å². The van der Waals surface area contributed by atoms with Gasteiger partial charge in [0.25, 0.3) is 5.69 Å². The van der Waals surface area contributed by atoms with Gasteiger partial charge in [-0.2, -0.15) is 0 Å². The third kappa shape index (κ3) is 3.77. The molecule has 7 nitrogen and oxygen atoms in total. The van der Waals surface area contributed by atoms with Crippen molar-refractivity contribution >= 4 is 5.69 Å². The number of ether oxygens (including phenoxy) is 2. The second kappa shape index (κ2) is 7.04. The predicted molar refractivity (Wildman–Crippen MR) is 90.7 cm³/mol. The Labute approximate surface area is 143 Å². The highest BCUT2D eigenvalue weighted by Gasteiger charge is 2.14. The van der Waals surface area contributed by atoms with Gasteiger partial charge in [-0.3, -0.25) is 10.1 Å². The fraction of sp³-hybridized carbons (Fsp3) is 0.167. The first-order valence-corrected chi connectivity index (χ1v) is 7.54. The zero-order chi connectivity index (χ0) is 17.8. The zero-order valence-corrected chi connectivity index (χ0v) is 13.8. The maximum atomic E-state index is 11.1. The molecule has 1 heterocycles. The number of aromatic nitrogens is 1. The molecule has 3 aromatic rings. The van der Waals surface area contributed by atoms with E-state index < -0.39 is 4.92 Å². The molecule has 0 aliphatic rings. The summed E-state index contributed by atoms with van der Waals surface area (Å²) in [5, 5.41) is 14.9. The fourth-order valence-electron chi connectivity index (χ4n) is 2.39. The van der Waals surface area contributed by atoms with Gasteiger partial charge in [0.15, 0.2) is 5.76 Å². The molecule has 3 rings (SSSR count). The Morgan fingerprint density at radius 2 is 1.92 bits per heavy atom. The number of nitro benzene ring substituents is 1. The van der Waals surface area contributed by atoms with Crippen molar-refractivity contribution in [3.63, 3.8) is 0 Å². The Balaban J connectivity index is 1.94. The molecule has 0 saturated heterocycles. The van der Waals surface area contributed by atoms with Crippen molar-refractivity contribution < 1.29 is 18.9 Å². The van der Waals surface area contributed by atoms with Gasteiger partial charge >= 0.3 is 0 Å². The molecule has 7 heteroatoms. The van der Waals surface area contributed by atoms with Crippen LogP contribution in [0.5, 0.6) is 11.5 Å². The lowest BCUT2D eigenvalue weighted by molar-refractivity contribution is -0.384. The summed E-state index contributed by atoms with van der Waals surface area (Å²) >= 11 is 0. The van der Waals surface area contributed by atoms with Crippen molar-refractivity contribution in [2.75, 3.05) is 7.11 Å². The first-order valence-electron chi connectivity index (χ1n) is 7.54. The lowest BCUT2D eigenvalue weighted by atomic mass is 10.0. The van der Waals surface area contributed by atoms with Crippen LogP contribution in [0, 0.1) is 17.0 Å². The van der Waals surface area contributed by atoms with Crippen LogP contribution in [-0.4, -0.2) is 17.2 Å². The summed E-state index contributed by atoms with van der Waals surface area (Å²) in [4.78, 5) is 10.7. The highest BCUT2D eigenvalue weighted by Crippen LogP contribution is 2.34. The summed E-state index contributed by atoms with van der Waals surface area (Å²) < 4.78 is 16.1. The van der Waals surface area contributed by atoms with Crippen LogP contribution < -0.4 is 9.47 Å². The molecular weight excluding hydrogens is 324 g/mol. The Hall–Kier alpha value is -3.35. The van der Waals surface area contributed by atoms with Gasteiger partial charge < -0.3 is 14.0 Å². The van der Waals surface area contributed by atoms with Gasteiger partial charge in [-0.1, -0.05) is 17.3 Å². The molecule has 1 aromatic heterocycles. The second-order valence-corrected chi connectivity index (χ2v) is 5.39. The van der Waals surface area contributed by atoms with Crippen molar-refractivity contribution in [3.8, 4) is 22.6 Å². The van der Waals surface area contributed by atoms with Gasteiger partial charge in [-0.05, 0) is 30.7 Å². The molecule has 0 fully saturated rings. The average molecular weight is 340 g/mol. The van der Waals surface area contributed by atoms with E-state index in [0.29, 0.717) is 22.8 Å². The van der Waals surface area contributed by atoms with Crippen LogP contribution in [0.15, 0.2) is 53.1 Å². The molecule has 0 N–H and O–H groups in total. The summed E-state index contributed by atoms with van der Waals surface area (Å²) in [6, 6.07) is 13.5. The minimum Gasteiger partial charge on any atom is -0.497 e. The minimum atomic E-state index is -0.434. The molecular formula is C18H16N2O5. The van der Waals surface area contributed by atoms with E-state index in [4.69, 9.17) is 14.0 Å². The van der Waals surface area contributed by atoms with Crippen LogP contribution in [0.4, 0.5) is 5.69 Å². The molecule has 0 unspecified atom stereocenters. The van der Waals surface area contributed by atoms with E-state index in [2.05, 4.69) is 5.16 Å². The summed E-state index contributed by atoms with van der Waals surface area (Å²) in [5.74, 6) is 1.80. The normalized spacial score (nSPS) is 10.5. The number of benzene rings is 2. The molecule has 0 bridgehead atoms. The second-order valence-electron chi connectivity index (χ2n) is 5.39. The monoisotopic (exact) mass is 340 g/mol. The van der Waals surface area contributed by atoms with Gasteiger partial charge in [0, 0.05) is 23.8 Å². The number of hydrogen-bond donors (Lipinski definition) is 0. The van der Waals surface area contributed by atoms with Gasteiger partial charge in [0.05, 0.1) is 17.7 Å². The number of hydrogen-bond acceptors (Lipinski definition) is 6. The van der Waals surface area contributed by atoms with Crippen molar-refractivity contribution in [2.45, 2.75) is 13.5 Å². The molecule has 2 aromatic carbocycles. The predicted octanol–water partition coefficient (Wildman–Crippen LogP) is 4.15. The van der Waals surface area contributed by atoms with E-state index in [9.17, 15) is 10.1 Å². The summed E-state index contributed by atoms with van der Waals surface area (Å²) in [7, 11) is 1.58. The molecule has 0 spiro atoms. The smallest absolute Gasteiger partial charge is 0.270 e. The summed E-state index contributed by atoms with van der Waals surface area (Å²) in [5.41, 5.74) is 2.16. The minimum absolute atomic E-state index is 0.00585. The van der Waals surface area contributed by atoms with Crippen LogP contribution in [0.3, 0.4) is 0 Å². The maximum absolute atomic E-state index is 11.1. The Bertz CT molecular complexity index is 887. The first-order chi connectivity index (χ1) is 12.1. The third-order valence-electron chi connectivity index (χ3n) is 3.62. The van der Waals surface area contributed by atoms with Crippen LogP contribution in [0.25, 0.3) is 11.1 Å². The Morgan fingerprint density at radius 3 is 2.52 bits per heavy atom. The van der Waals surface area contributed by atoms with E-state index in [1.807, 2.05) is 19.1 Å². The van der Waals surface area contributed by atoms with Crippen LogP contribution in [0.1, 0.15) is 11.5 Å². The molecule has 0 aliphatic heterocycles. The number of aryl methyl sites for hydroxylation is 1. The molecule has 0 saturated carbocycles. The summed E-state index contributed by atoms with van der Waals surface area (Å²) in [6.45, 7) is 2.00. The van der Waals surface area contributed by atoms with E-state index in [1.165, 1.54) is 12.1 Å². The molecule has 0 amide bonds. The number of nitro groups is 1. The molecule has 0 aliphatic carbocycles. The maximum Gasteiger partial charge on any atom is 0.270 e. The fourth-order valence-corrected chi connectivity index (χ4v) is 2.39. The highest BCUT2D eigenvalue weighted by molar-refractivity contribution is 5.73. The van der Waals surface area contributed by atoms with Crippen molar-refractivity contribution in [1.82, 2.24) is 5.16 Å². The van der Waals surface area contributed by atoms with Gasteiger partial charge in [0.1, 0.15) is 18.1 Å². The van der Waals surface area contributed by atoms with Gasteiger partial charge in [0.2, 0.25) is 0 Å². The first kappa shape index (κ1) is 16.5. The quantitative estimate of drug-likeness (QED) is 0.495. The van der Waals surface area contributed by atoms with E-state index in [0.717, 1.165) is 11.3 Å². The summed E-state index contributed by atoms with van der Waals surface area (Å²) in [6.07, 6.45) is 0. The highest BCUT2D eigenvalue weighted by atomic mass is 16.6. The van der Waals surface area contributed by atoms with Crippen LogP contribution in [0.2, 0.25) is 0 Å². The third-order valence-corrected chi connectivity index (χ3v) is 3.62. The van der Waals surface area contributed by atoms with Crippen molar-refractivity contribution in [1.29, 1.82) is 0 Å². The van der Waals surface area contributed by atoms with Crippen molar-refractivity contribution in [2.24, 2.45) is 0 Å². The SMILES string of the molecule is COc1ccc(-c2cc([N+](=O)[O-])ccc2OCc2cc(C)no2)cc1. The zero-order valence-electron chi connectivity index (χ0n) is 13.8. The molecule has 0 radical (unpaired) electrons. The number of methoxy groups -OCH3 is 1.